The van der Waals surface area contributed by atoms with Crippen LogP contribution in [0.3, 0.4) is 0 Å². The van der Waals surface area contributed by atoms with Crippen molar-refractivity contribution in [3.63, 3.8) is 0 Å². The summed E-state index contributed by atoms with van der Waals surface area (Å²) in [5.41, 5.74) is 1.11. The maximum atomic E-state index is 12.3. The minimum absolute atomic E-state index is 0.0842. The highest BCUT2D eigenvalue weighted by atomic mass is 79.9. The molecule has 0 unspecified atom stereocenters. The van der Waals surface area contributed by atoms with Crippen LogP contribution in [0.25, 0.3) is 0 Å². The summed E-state index contributed by atoms with van der Waals surface area (Å²) in [5.74, 6) is 0.470. The number of carbonyl (C=O) groups excluding carboxylic acids is 1. The van der Waals surface area contributed by atoms with Gasteiger partial charge in [-0.15, -0.1) is 0 Å². The summed E-state index contributed by atoms with van der Waals surface area (Å²) in [5, 5.41) is 4.10. The van der Waals surface area contributed by atoms with Gasteiger partial charge in [-0.2, -0.15) is 5.10 Å². The highest BCUT2D eigenvalue weighted by molar-refractivity contribution is 9.10. The lowest BCUT2D eigenvalue weighted by atomic mass is 10.1. The summed E-state index contributed by atoms with van der Waals surface area (Å²) in [4.78, 5) is 12.3. The molecule has 0 amide bonds. The molecule has 0 aliphatic carbocycles. The van der Waals surface area contributed by atoms with Crippen LogP contribution in [0.4, 0.5) is 0 Å². The van der Waals surface area contributed by atoms with Gasteiger partial charge < -0.3 is 4.74 Å². The summed E-state index contributed by atoms with van der Waals surface area (Å²) in [6.45, 7) is 2.71. The fourth-order valence-electron chi connectivity index (χ4n) is 1.66. The van der Waals surface area contributed by atoms with E-state index in [0.717, 1.165) is 11.0 Å². The first-order valence-electron chi connectivity index (χ1n) is 5.56. The highest BCUT2D eigenvalue weighted by Gasteiger charge is 2.16. The van der Waals surface area contributed by atoms with E-state index in [1.165, 1.54) is 0 Å². The second kappa shape index (κ2) is 5.35. The van der Waals surface area contributed by atoms with Gasteiger partial charge in [-0.05, 0) is 25.1 Å². The zero-order chi connectivity index (χ0) is 13.1. The number of methoxy groups -OCH3 is 1. The fraction of sp³-hybridized carbons (Fsp3) is 0.231. The van der Waals surface area contributed by atoms with Gasteiger partial charge in [0.05, 0.1) is 24.4 Å². The number of ketones is 1. The molecule has 0 radical (unpaired) electrons. The molecule has 0 saturated carbocycles. The second-order valence-corrected chi connectivity index (χ2v) is 4.67. The van der Waals surface area contributed by atoms with Crippen LogP contribution in [0.5, 0.6) is 5.75 Å². The number of aryl methyl sites for hydroxylation is 1. The van der Waals surface area contributed by atoms with E-state index in [4.69, 9.17) is 4.74 Å². The number of ether oxygens (including phenoxy) is 1. The van der Waals surface area contributed by atoms with E-state index in [1.807, 2.05) is 13.0 Å². The summed E-state index contributed by atoms with van der Waals surface area (Å²) in [6, 6.07) is 5.34. The minimum Gasteiger partial charge on any atom is -0.496 e. The van der Waals surface area contributed by atoms with Crippen molar-refractivity contribution in [2.75, 3.05) is 7.11 Å². The summed E-state index contributed by atoms with van der Waals surface area (Å²) < 4.78 is 7.82. The summed E-state index contributed by atoms with van der Waals surface area (Å²) in [7, 11) is 1.55. The lowest BCUT2D eigenvalue weighted by Crippen LogP contribution is -2.03. The Kier molecular flexibility index (Phi) is 3.81. The Morgan fingerprint density at radius 3 is 2.89 bits per heavy atom. The average molecular weight is 309 g/mol. The maximum Gasteiger partial charge on any atom is 0.199 e. The first-order valence-corrected chi connectivity index (χ1v) is 6.35. The monoisotopic (exact) mass is 308 g/mol. The molecule has 0 aliphatic rings. The topological polar surface area (TPSA) is 44.1 Å². The van der Waals surface area contributed by atoms with Crippen LogP contribution in [0.1, 0.15) is 22.8 Å². The predicted octanol–water partition coefficient (Wildman–Crippen LogP) is 2.91. The van der Waals surface area contributed by atoms with Crippen molar-refractivity contribution in [1.29, 1.82) is 0 Å². The van der Waals surface area contributed by atoms with Crippen molar-refractivity contribution < 1.29 is 9.53 Å². The molecule has 94 valence electrons. The Balaban J connectivity index is 2.39. The van der Waals surface area contributed by atoms with E-state index in [2.05, 4.69) is 21.0 Å². The maximum absolute atomic E-state index is 12.3. The van der Waals surface area contributed by atoms with Gasteiger partial charge in [0.15, 0.2) is 5.78 Å². The van der Waals surface area contributed by atoms with Gasteiger partial charge in [0, 0.05) is 17.2 Å². The average Bonchev–Trinajstić information content (AvgIpc) is 2.86. The number of benzene rings is 1. The molecule has 18 heavy (non-hydrogen) atoms. The zero-order valence-corrected chi connectivity index (χ0v) is 11.8. The van der Waals surface area contributed by atoms with Crippen LogP contribution < -0.4 is 4.74 Å². The molecule has 0 atom stereocenters. The molecule has 1 aromatic heterocycles. The fourth-order valence-corrected chi connectivity index (χ4v) is 2.00. The number of rotatable bonds is 4. The van der Waals surface area contributed by atoms with Gasteiger partial charge in [-0.25, -0.2) is 0 Å². The highest BCUT2D eigenvalue weighted by Crippen LogP contribution is 2.25. The molecule has 5 heteroatoms. The van der Waals surface area contributed by atoms with Crippen LogP contribution in [0.15, 0.2) is 35.1 Å². The molecule has 1 aromatic carbocycles. The van der Waals surface area contributed by atoms with Gasteiger partial charge in [0.2, 0.25) is 0 Å². The molecule has 1 heterocycles. The summed E-state index contributed by atoms with van der Waals surface area (Å²) >= 11 is 3.35. The Bertz CT molecular complexity index is 578. The predicted molar refractivity (Wildman–Crippen MR) is 72.0 cm³/mol. The van der Waals surface area contributed by atoms with Crippen molar-refractivity contribution in [2.24, 2.45) is 0 Å². The largest absolute Gasteiger partial charge is 0.496 e. The lowest BCUT2D eigenvalue weighted by molar-refractivity contribution is 0.103. The number of hydrogen-bond donors (Lipinski definition) is 0. The van der Waals surface area contributed by atoms with Gasteiger partial charge in [-0.1, -0.05) is 15.9 Å². The Labute approximate surface area is 114 Å². The number of halogens is 1. The van der Waals surface area contributed by atoms with Crippen LogP contribution >= 0.6 is 15.9 Å². The molecule has 0 bridgehead atoms. The molecule has 0 spiro atoms. The normalized spacial score (nSPS) is 10.4. The molecule has 0 saturated heterocycles. The smallest absolute Gasteiger partial charge is 0.199 e. The van der Waals surface area contributed by atoms with Crippen LogP contribution in [-0.2, 0) is 6.54 Å². The molecule has 4 nitrogen and oxygen atoms in total. The van der Waals surface area contributed by atoms with Crippen molar-refractivity contribution >= 4 is 21.7 Å². The van der Waals surface area contributed by atoms with Gasteiger partial charge in [-0.3, -0.25) is 9.48 Å². The van der Waals surface area contributed by atoms with Gasteiger partial charge >= 0.3 is 0 Å². The van der Waals surface area contributed by atoms with E-state index in [1.54, 1.807) is 36.3 Å². The summed E-state index contributed by atoms with van der Waals surface area (Å²) in [6.07, 6.45) is 3.32. The van der Waals surface area contributed by atoms with Crippen molar-refractivity contribution in [3.05, 3.63) is 46.2 Å². The number of hydrogen-bond acceptors (Lipinski definition) is 3. The molecule has 2 rings (SSSR count). The van der Waals surface area contributed by atoms with E-state index in [9.17, 15) is 4.79 Å². The minimum atomic E-state index is -0.0842. The Morgan fingerprint density at radius 2 is 2.28 bits per heavy atom. The van der Waals surface area contributed by atoms with E-state index in [-0.39, 0.29) is 5.78 Å². The van der Waals surface area contributed by atoms with Crippen molar-refractivity contribution in [1.82, 2.24) is 9.78 Å². The third-order valence-corrected chi connectivity index (χ3v) is 3.12. The number of nitrogens with zero attached hydrogens (tertiary/aromatic N) is 2. The number of carbonyl (C=O) groups is 1. The van der Waals surface area contributed by atoms with Gasteiger partial charge in [0.1, 0.15) is 5.75 Å². The molecule has 2 aromatic rings. The second-order valence-electron chi connectivity index (χ2n) is 3.76. The van der Waals surface area contributed by atoms with E-state index >= 15 is 0 Å². The Hall–Kier alpha value is -1.62. The third kappa shape index (κ3) is 2.46. The van der Waals surface area contributed by atoms with E-state index < -0.39 is 0 Å². The quantitative estimate of drug-likeness (QED) is 0.816. The van der Waals surface area contributed by atoms with Crippen molar-refractivity contribution in [3.8, 4) is 5.75 Å². The van der Waals surface area contributed by atoms with Gasteiger partial charge in [0.25, 0.3) is 0 Å². The lowest BCUT2D eigenvalue weighted by Gasteiger charge is -2.06. The third-order valence-electron chi connectivity index (χ3n) is 2.63. The van der Waals surface area contributed by atoms with Crippen LogP contribution in [0.2, 0.25) is 0 Å². The molecule has 0 fully saturated rings. The molecule has 0 aliphatic heterocycles. The molecular formula is C13H13BrN2O2. The van der Waals surface area contributed by atoms with Crippen LogP contribution in [-0.4, -0.2) is 22.7 Å². The molecular weight excluding hydrogens is 296 g/mol. The SMILES string of the molecule is CCn1cc(C(=O)c2ccc(Br)cc2OC)cn1. The Morgan fingerprint density at radius 1 is 1.50 bits per heavy atom. The van der Waals surface area contributed by atoms with E-state index in [0.29, 0.717) is 16.9 Å². The standard InChI is InChI=1S/C13H13BrN2O2/c1-3-16-8-9(7-15-16)13(17)11-5-4-10(14)6-12(11)18-2/h4-8H,3H2,1-2H3. The molecule has 0 N–H and O–H groups in total. The first-order chi connectivity index (χ1) is 8.65. The zero-order valence-electron chi connectivity index (χ0n) is 10.2. The van der Waals surface area contributed by atoms with Crippen molar-refractivity contribution in [2.45, 2.75) is 13.5 Å². The number of aromatic nitrogens is 2. The van der Waals surface area contributed by atoms with Crippen LogP contribution in [0, 0.1) is 0 Å². The first kappa shape index (κ1) is 12.8.